The summed E-state index contributed by atoms with van der Waals surface area (Å²) < 4.78 is 0. The Bertz CT molecular complexity index is 135. The largest absolute Gasteiger partial charge is 0.191 e. The van der Waals surface area contributed by atoms with Gasteiger partial charge in [0, 0.05) is 0 Å². The molecule has 2 heteroatoms. The molecular weight excluding hydrogens is 124 g/mol. The Morgan fingerprint density at radius 2 is 1.20 bits per heavy atom. The third-order valence-corrected chi connectivity index (χ3v) is 2.54. The molecule has 1 spiro atoms. The van der Waals surface area contributed by atoms with Crippen LogP contribution in [0.2, 0.25) is 0 Å². The highest BCUT2D eigenvalue weighted by molar-refractivity contribution is 4.93. The zero-order valence-corrected chi connectivity index (χ0v) is 6.34. The first-order valence-corrected chi connectivity index (χ1v) is 4.35. The summed E-state index contributed by atoms with van der Waals surface area (Å²) in [7, 11) is 0. The van der Waals surface area contributed by atoms with Gasteiger partial charge in [-0.05, 0) is 25.7 Å². The molecule has 2 aliphatic rings. The van der Waals surface area contributed by atoms with Crippen molar-refractivity contribution in [2.45, 2.75) is 50.6 Å². The molecule has 0 aromatic rings. The van der Waals surface area contributed by atoms with Crippen molar-refractivity contribution >= 4 is 0 Å². The summed E-state index contributed by atoms with van der Waals surface area (Å²) in [5, 5.41) is 8.24. The zero-order chi connectivity index (χ0) is 6.86. The summed E-state index contributed by atoms with van der Waals surface area (Å²) in [5.41, 5.74) is 0.153. The van der Waals surface area contributed by atoms with Crippen LogP contribution in [0.25, 0.3) is 0 Å². The minimum Gasteiger partial charge on any atom is -0.159 e. The average Bonchev–Trinajstić information content (AvgIpc) is 2.61. The molecule has 0 aromatic carbocycles. The van der Waals surface area contributed by atoms with Gasteiger partial charge < -0.3 is 0 Å². The third kappa shape index (κ3) is 1.20. The molecule has 2 nitrogen and oxygen atoms in total. The van der Waals surface area contributed by atoms with E-state index in [2.05, 4.69) is 10.2 Å². The van der Waals surface area contributed by atoms with E-state index in [-0.39, 0.29) is 5.66 Å². The molecule has 1 aliphatic heterocycles. The van der Waals surface area contributed by atoms with Gasteiger partial charge in [-0.3, -0.25) is 0 Å². The molecule has 0 aromatic heterocycles. The zero-order valence-electron chi connectivity index (χ0n) is 6.34. The Kier molecular flexibility index (Phi) is 1.47. The van der Waals surface area contributed by atoms with Gasteiger partial charge in [0.2, 0.25) is 0 Å². The van der Waals surface area contributed by atoms with Gasteiger partial charge in [-0.15, -0.1) is 0 Å². The van der Waals surface area contributed by atoms with Crippen LogP contribution < -0.4 is 0 Å². The van der Waals surface area contributed by atoms with Gasteiger partial charge in [0.1, 0.15) is 0 Å². The van der Waals surface area contributed by atoms with Crippen molar-refractivity contribution in [3.8, 4) is 0 Å². The summed E-state index contributed by atoms with van der Waals surface area (Å²) in [6, 6.07) is 0. The Morgan fingerprint density at radius 1 is 0.700 bits per heavy atom. The Hall–Kier alpha value is -0.400. The predicted octanol–water partition coefficient (Wildman–Crippen LogP) is 2.89. The van der Waals surface area contributed by atoms with E-state index in [1.165, 1.54) is 44.9 Å². The van der Waals surface area contributed by atoms with Gasteiger partial charge in [-0.2, -0.15) is 10.2 Å². The standard InChI is InChI=1S/C8H14N2/c1-2-4-6-8(9-10-8)7-5-3-1/h1-7H2. The van der Waals surface area contributed by atoms with Gasteiger partial charge in [-0.25, -0.2) is 0 Å². The number of rotatable bonds is 0. The first-order valence-electron chi connectivity index (χ1n) is 4.35. The SMILES string of the molecule is C1CCCC2(CCC1)N=N2. The van der Waals surface area contributed by atoms with Gasteiger partial charge in [0.15, 0.2) is 5.66 Å². The molecule has 10 heavy (non-hydrogen) atoms. The molecule has 0 unspecified atom stereocenters. The highest BCUT2D eigenvalue weighted by Crippen LogP contribution is 2.40. The molecule has 1 saturated carbocycles. The summed E-state index contributed by atoms with van der Waals surface area (Å²) in [6.07, 6.45) is 9.36. The quantitative estimate of drug-likeness (QED) is 0.491. The van der Waals surface area contributed by atoms with E-state index in [0.717, 1.165) is 0 Å². The highest BCUT2D eigenvalue weighted by atomic mass is 15.4. The number of hydrogen-bond donors (Lipinski definition) is 0. The van der Waals surface area contributed by atoms with E-state index >= 15 is 0 Å². The van der Waals surface area contributed by atoms with Crippen molar-refractivity contribution in [3.63, 3.8) is 0 Å². The molecule has 1 aliphatic carbocycles. The smallest absolute Gasteiger partial charge is 0.159 e. The maximum Gasteiger partial charge on any atom is 0.191 e. The van der Waals surface area contributed by atoms with Crippen molar-refractivity contribution in [1.29, 1.82) is 0 Å². The Morgan fingerprint density at radius 3 is 1.70 bits per heavy atom. The fraction of sp³-hybridized carbons (Fsp3) is 1.00. The van der Waals surface area contributed by atoms with Crippen molar-refractivity contribution in [1.82, 2.24) is 0 Å². The Labute approximate surface area is 61.7 Å². The lowest BCUT2D eigenvalue weighted by Crippen LogP contribution is -2.11. The minimum absolute atomic E-state index is 0.153. The van der Waals surface area contributed by atoms with Crippen LogP contribution >= 0.6 is 0 Å². The maximum atomic E-state index is 4.12. The van der Waals surface area contributed by atoms with Crippen LogP contribution in [0.3, 0.4) is 0 Å². The fourth-order valence-corrected chi connectivity index (χ4v) is 1.74. The van der Waals surface area contributed by atoms with Crippen molar-refractivity contribution in [2.24, 2.45) is 10.2 Å². The molecule has 0 saturated heterocycles. The monoisotopic (exact) mass is 138 g/mol. The molecule has 0 N–H and O–H groups in total. The molecule has 0 bridgehead atoms. The van der Waals surface area contributed by atoms with Crippen molar-refractivity contribution in [2.75, 3.05) is 0 Å². The number of hydrogen-bond acceptors (Lipinski definition) is 2. The fourth-order valence-electron chi connectivity index (χ4n) is 1.74. The second-order valence-corrected chi connectivity index (χ2v) is 3.45. The topological polar surface area (TPSA) is 24.7 Å². The van der Waals surface area contributed by atoms with Crippen LogP contribution in [-0.2, 0) is 0 Å². The normalized spacial score (nSPS) is 29.6. The molecule has 1 fully saturated rings. The molecule has 1 heterocycles. The van der Waals surface area contributed by atoms with E-state index in [1.807, 2.05) is 0 Å². The van der Waals surface area contributed by atoms with Gasteiger partial charge in [0.05, 0.1) is 0 Å². The lowest BCUT2D eigenvalue weighted by molar-refractivity contribution is 0.414. The minimum atomic E-state index is 0.153. The Balaban J connectivity index is 1.85. The second kappa shape index (κ2) is 2.33. The summed E-state index contributed by atoms with van der Waals surface area (Å²) in [4.78, 5) is 0. The van der Waals surface area contributed by atoms with E-state index in [0.29, 0.717) is 0 Å². The van der Waals surface area contributed by atoms with Crippen molar-refractivity contribution < 1.29 is 0 Å². The maximum absolute atomic E-state index is 4.12. The highest BCUT2D eigenvalue weighted by Gasteiger charge is 2.38. The molecule has 0 amide bonds. The summed E-state index contributed by atoms with van der Waals surface area (Å²) in [5.74, 6) is 0. The summed E-state index contributed by atoms with van der Waals surface area (Å²) in [6.45, 7) is 0. The molecule has 2 rings (SSSR count). The van der Waals surface area contributed by atoms with Gasteiger partial charge in [-0.1, -0.05) is 19.3 Å². The molecule has 0 radical (unpaired) electrons. The van der Waals surface area contributed by atoms with E-state index < -0.39 is 0 Å². The van der Waals surface area contributed by atoms with Gasteiger partial charge in [0.25, 0.3) is 0 Å². The van der Waals surface area contributed by atoms with E-state index in [1.54, 1.807) is 0 Å². The van der Waals surface area contributed by atoms with Crippen LogP contribution in [0, 0.1) is 0 Å². The average molecular weight is 138 g/mol. The van der Waals surface area contributed by atoms with Crippen molar-refractivity contribution in [3.05, 3.63) is 0 Å². The lowest BCUT2D eigenvalue weighted by Gasteiger charge is -2.13. The first-order chi connectivity index (χ1) is 4.91. The van der Waals surface area contributed by atoms with Crippen LogP contribution in [0.1, 0.15) is 44.9 Å². The number of nitrogens with zero attached hydrogens (tertiary/aromatic N) is 2. The van der Waals surface area contributed by atoms with E-state index in [9.17, 15) is 0 Å². The van der Waals surface area contributed by atoms with Crippen LogP contribution in [-0.4, -0.2) is 5.66 Å². The van der Waals surface area contributed by atoms with Crippen LogP contribution in [0.15, 0.2) is 10.2 Å². The molecule has 0 atom stereocenters. The van der Waals surface area contributed by atoms with Crippen LogP contribution in [0.5, 0.6) is 0 Å². The van der Waals surface area contributed by atoms with Crippen LogP contribution in [0.4, 0.5) is 0 Å². The second-order valence-electron chi connectivity index (χ2n) is 3.45. The predicted molar refractivity (Wildman–Crippen MR) is 39.9 cm³/mol. The lowest BCUT2D eigenvalue weighted by atomic mass is 9.94. The third-order valence-electron chi connectivity index (χ3n) is 2.54. The van der Waals surface area contributed by atoms with E-state index in [4.69, 9.17) is 0 Å². The molecule has 56 valence electrons. The first kappa shape index (κ1) is 6.32. The molecular formula is C8H14N2. The van der Waals surface area contributed by atoms with Gasteiger partial charge >= 0.3 is 0 Å². The summed E-state index contributed by atoms with van der Waals surface area (Å²) >= 11 is 0.